The molecule has 0 spiro atoms. The standard InChI is InChI=1S/C24H23ClN4O2S.C8H8N2O3/c25-21-15-26-24(27-17-9-3-1-4-10-17)28-23(21)20-16-29(22-14-8-7-13-19(20)22)32(30,31)18-11-5-2-6-12-18;1-9-8(11)6-2-4-7(5-3-6)10(12)13/h2,5-8,11-17H,1,3-4,9-10H2,(H,26,27,28);2-5H,1H3,(H,9,11). The average Bonchev–Trinajstić information content (AvgIpc) is 3.47. The number of aromatic nitrogens is 3. The molecule has 5 aromatic rings. The first kappa shape index (κ1) is 31.6. The van der Waals surface area contributed by atoms with Crippen LogP contribution >= 0.6 is 11.6 Å². The van der Waals surface area contributed by atoms with Crippen molar-refractivity contribution in [3.63, 3.8) is 0 Å². The summed E-state index contributed by atoms with van der Waals surface area (Å²) in [5, 5.41) is 17.2. The van der Waals surface area contributed by atoms with Crippen molar-refractivity contribution in [1.82, 2.24) is 19.3 Å². The number of amides is 1. The number of para-hydroxylation sites is 1. The number of nitrogens with zero attached hydrogens (tertiary/aromatic N) is 4. The SMILES string of the molecule is CNC(=O)c1ccc([N+](=O)[O-])cc1.O=S(=O)(c1ccccc1)n1cc(-c2nc(NC3CCCCC3)ncc2Cl)c2ccccc21. The zero-order valence-electron chi connectivity index (χ0n) is 24.4. The van der Waals surface area contributed by atoms with Gasteiger partial charge in [-0.25, -0.2) is 22.4 Å². The third-order valence-corrected chi connectivity index (χ3v) is 9.45. The number of fused-ring (bicyclic) bond motifs is 1. The lowest BCUT2D eigenvalue weighted by Gasteiger charge is -2.22. The Bertz CT molecular complexity index is 1930. The van der Waals surface area contributed by atoms with Gasteiger partial charge in [0.25, 0.3) is 21.6 Å². The van der Waals surface area contributed by atoms with E-state index < -0.39 is 14.9 Å². The highest BCUT2D eigenvalue weighted by Crippen LogP contribution is 2.36. The predicted octanol–water partition coefficient (Wildman–Crippen LogP) is 6.69. The van der Waals surface area contributed by atoms with Gasteiger partial charge in [-0.3, -0.25) is 14.9 Å². The first-order chi connectivity index (χ1) is 21.7. The van der Waals surface area contributed by atoms with Crippen LogP contribution in [-0.4, -0.2) is 46.3 Å². The van der Waals surface area contributed by atoms with Crippen molar-refractivity contribution in [2.75, 3.05) is 12.4 Å². The van der Waals surface area contributed by atoms with Crippen molar-refractivity contribution in [3.8, 4) is 11.3 Å². The van der Waals surface area contributed by atoms with E-state index in [0.29, 0.717) is 39.4 Å². The van der Waals surface area contributed by atoms with Crippen molar-refractivity contribution in [1.29, 1.82) is 0 Å². The Kier molecular flexibility index (Phi) is 9.74. The molecular weight excluding hydrogens is 616 g/mol. The Hall–Kier alpha value is -4.81. The molecule has 232 valence electrons. The molecule has 0 saturated heterocycles. The fourth-order valence-corrected chi connectivity index (χ4v) is 6.76. The van der Waals surface area contributed by atoms with Crippen LogP contribution in [0, 0.1) is 10.1 Å². The Balaban J connectivity index is 0.000000259. The van der Waals surface area contributed by atoms with Crippen LogP contribution in [0.3, 0.4) is 0 Å². The van der Waals surface area contributed by atoms with Crippen LogP contribution in [0.5, 0.6) is 0 Å². The summed E-state index contributed by atoms with van der Waals surface area (Å²) in [6.07, 6.45) is 9.02. The molecule has 45 heavy (non-hydrogen) atoms. The zero-order chi connectivity index (χ0) is 32.0. The van der Waals surface area contributed by atoms with E-state index in [1.54, 1.807) is 48.8 Å². The van der Waals surface area contributed by atoms with Gasteiger partial charge in [-0.05, 0) is 43.2 Å². The first-order valence-electron chi connectivity index (χ1n) is 14.4. The predicted molar refractivity (Wildman–Crippen MR) is 174 cm³/mol. The maximum absolute atomic E-state index is 13.4. The number of carbonyl (C=O) groups excluding carboxylic acids is 1. The van der Waals surface area contributed by atoms with Gasteiger partial charge in [0.05, 0.1) is 32.2 Å². The molecule has 6 rings (SSSR count). The van der Waals surface area contributed by atoms with E-state index in [1.807, 2.05) is 18.2 Å². The molecule has 2 aromatic heterocycles. The number of nitro groups is 1. The zero-order valence-corrected chi connectivity index (χ0v) is 26.0. The van der Waals surface area contributed by atoms with E-state index in [1.165, 1.54) is 54.5 Å². The molecule has 2 heterocycles. The number of rotatable bonds is 7. The Labute approximate surface area is 265 Å². The summed E-state index contributed by atoms with van der Waals surface area (Å²) < 4.78 is 28.1. The highest BCUT2D eigenvalue weighted by molar-refractivity contribution is 7.90. The first-order valence-corrected chi connectivity index (χ1v) is 16.2. The third-order valence-electron chi connectivity index (χ3n) is 7.48. The largest absolute Gasteiger partial charge is 0.355 e. The monoisotopic (exact) mass is 646 g/mol. The highest BCUT2D eigenvalue weighted by Gasteiger charge is 2.24. The molecule has 1 saturated carbocycles. The molecule has 13 heteroatoms. The maximum Gasteiger partial charge on any atom is 0.269 e. The number of halogens is 1. The van der Waals surface area contributed by atoms with Crippen molar-refractivity contribution in [3.05, 3.63) is 112 Å². The van der Waals surface area contributed by atoms with E-state index in [4.69, 9.17) is 16.6 Å². The number of carbonyl (C=O) groups is 1. The van der Waals surface area contributed by atoms with Crippen LogP contribution in [0.15, 0.2) is 96.2 Å². The summed E-state index contributed by atoms with van der Waals surface area (Å²) in [5.74, 6) is 0.258. The van der Waals surface area contributed by atoms with Crippen molar-refractivity contribution in [2.24, 2.45) is 0 Å². The minimum absolute atomic E-state index is 0.0207. The Morgan fingerprint density at radius 2 is 1.64 bits per heavy atom. The normalized spacial score (nSPS) is 13.5. The van der Waals surface area contributed by atoms with E-state index in [2.05, 4.69) is 15.6 Å². The molecule has 2 N–H and O–H groups in total. The molecule has 11 nitrogen and oxygen atoms in total. The molecule has 0 atom stereocenters. The molecule has 3 aromatic carbocycles. The minimum atomic E-state index is -3.78. The van der Waals surface area contributed by atoms with Gasteiger partial charge in [-0.1, -0.05) is 67.3 Å². The van der Waals surface area contributed by atoms with Crippen LogP contribution in [0.2, 0.25) is 5.02 Å². The summed E-state index contributed by atoms with van der Waals surface area (Å²) in [6.45, 7) is 0. The van der Waals surface area contributed by atoms with Crippen molar-refractivity contribution >= 4 is 50.1 Å². The van der Waals surface area contributed by atoms with Crippen molar-refractivity contribution in [2.45, 2.75) is 43.0 Å². The number of hydrogen-bond donors (Lipinski definition) is 2. The summed E-state index contributed by atoms with van der Waals surface area (Å²) in [4.78, 5) is 30.0. The second-order valence-electron chi connectivity index (χ2n) is 10.4. The van der Waals surface area contributed by atoms with Crippen LogP contribution < -0.4 is 10.6 Å². The lowest BCUT2D eigenvalue weighted by atomic mass is 9.96. The lowest BCUT2D eigenvalue weighted by Crippen LogP contribution is -2.23. The molecule has 1 aliphatic rings. The maximum atomic E-state index is 13.4. The minimum Gasteiger partial charge on any atom is -0.355 e. The van der Waals surface area contributed by atoms with Gasteiger partial charge in [0.15, 0.2) is 0 Å². The Morgan fingerprint density at radius 3 is 2.31 bits per heavy atom. The van der Waals surface area contributed by atoms with E-state index in [0.717, 1.165) is 18.2 Å². The van der Waals surface area contributed by atoms with Gasteiger partial charge >= 0.3 is 0 Å². The van der Waals surface area contributed by atoms with E-state index in [9.17, 15) is 23.3 Å². The number of benzene rings is 3. The van der Waals surface area contributed by atoms with Gasteiger partial charge in [0.2, 0.25) is 5.95 Å². The number of non-ortho nitro benzene ring substituents is 1. The highest BCUT2D eigenvalue weighted by atomic mass is 35.5. The third kappa shape index (κ3) is 7.13. The molecular formula is C32H31ClN6O5S. The fraction of sp³-hybridized carbons (Fsp3) is 0.219. The summed E-state index contributed by atoms with van der Waals surface area (Å²) in [7, 11) is -2.28. The Morgan fingerprint density at radius 1 is 0.978 bits per heavy atom. The molecule has 1 fully saturated rings. The van der Waals surface area contributed by atoms with Crippen LogP contribution in [0.1, 0.15) is 42.5 Å². The van der Waals surface area contributed by atoms with Gasteiger partial charge in [-0.15, -0.1) is 0 Å². The molecule has 0 unspecified atom stereocenters. The smallest absolute Gasteiger partial charge is 0.269 e. The second kappa shape index (κ2) is 13.9. The van der Waals surface area contributed by atoms with Crippen LogP contribution in [0.4, 0.5) is 11.6 Å². The number of nitrogens with one attached hydrogen (secondary N) is 2. The topological polar surface area (TPSA) is 149 Å². The summed E-state index contributed by atoms with van der Waals surface area (Å²) >= 11 is 6.50. The number of hydrogen-bond acceptors (Lipinski definition) is 8. The van der Waals surface area contributed by atoms with Crippen LogP contribution in [-0.2, 0) is 10.0 Å². The number of anilines is 1. The molecule has 0 radical (unpaired) electrons. The molecule has 1 aliphatic carbocycles. The van der Waals surface area contributed by atoms with Crippen LogP contribution in [0.25, 0.3) is 22.2 Å². The second-order valence-corrected chi connectivity index (χ2v) is 12.6. The van der Waals surface area contributed by atoms with Gasteiger partial charge in [0, 0.05) is 47.9 Å². The molecule has 1 amide bonds. The van der Waals surface area contributed by atoms with Gasteiger partial charge in [-0.2, -0.15) is 0 Å². The van der Waals surface area contributed by atoms with Gasteiger partial charge < -0.3 is 10.6 Å². The molecule has 0 bridgehead atoms. The number of nitro benzene ring substituents is 1. The average molecular weight is 647 g/mol. The molecule has 0 aliphatic heterocycles. The summed E-state index contributed by atoms with van der Waals surface area (Å²) in [5.41, 5.74) is 2.13. The van der Waals surface area contributed by atoms with Gasteiger partial charge in [0.1, 0.15) is 0 Å². The van der Waals surface area contributed by atoms with E-state index >= 15 is 0 Å². The summed E-state index contributed by atoms with van der Waals surface area (Å²) in [6, 6.07) is 21.5. The van der Waals surface area contributed by atoms with Crippen molar-refractivity contribution < 1.29 is 18.1 Å². The quantitative estimate of drug-likeness (QED) is 0.147. The lowest BCUT2D eigenvalue weighted by molar-refractivity contribution is -0.384. The fourth-order valence-electron chi connectivity index (χ4n) is 5.18. The van der Waals surface area contributed by atoms with E-state index in [-0.39, 0.29) is 16.5 Å².